The highest BCUT2D eigenvalue weighted by Gasteiger charge is 2.39. The van der Waals surface area contributed by atoms with E-state index in [0.29, 0.717) is 37.2 Å². The van der Waals surface area contributed by atoms with E-state index in [-0.39, 0.29) is 44.4 Å². The third-order valence-corrected chi connectivity index (χ3v) is 7.54. The van der Waals surface area contributed by atoms with E-state index in [4.69, 9.17) is 4.74 Å². The molecule has 1 heterocycles. The normalized spacial score (nSPS) is 16.0. The summed E-state index contributed by atoms with van der Waals surface area (Å²) in [7, 11) is 1.59. The number of hydrogen-bond donors (Lipinski definition) is 1. The molecule has 3 aromatic carbocycles. The zero-order valence-corrected chi connectivity index (χ0v) is 24.0. The lowest BCUT2D eigenvalue weighted by atomic mass is 9.99. The Bertz CT molecular complexity index is 1400. The lowest BCUT2D eigenvalue weighted by Crippen LogP contribution is -2.38. The highest BCUT2D eigenvalue weighted by Crippen LogP contribution is 2.37. The Morgan fingerprint density at radius 2 is 1.50 bits per heavy atom. The maximum atomic E-state index is 13.6. The largest absolute Gasteiger partial charge is 0.496 e. The second kappa shape index (κ2) is 14.1. The average molecular weight is 622 g/mol. The van der Waals surface area contributed by atoms with Crippen molar-refractivity contribution in [3.05, 3.63) is 101 Å². The Balaban J connectivity index is 1.47. The zero-order chi connectivity index (χ0) is 31.9. The van der Waals surface area contributed by atoms with Crippen molar-refractivity contribution in [1.29, 1.82) is 0 Å². The average Bonchev–Trinajstić information content (AvgIpc) is 3.23. The molecular weight excluding hydrogens is 588 g/mol. The van der Waals surface area contributed by atoms with Crippen LogP contribution in [0, 0.1) is 0 Å². The van der Waals surface area contributed by atoms with Gasteiger partial charge in [0, 0.05) is 43.7 Å². The van der Waals surface area contributed by atoms with Gasteiger partial charge in [-0.3, -0.25) is 9.59 Å². The quantitative estimate of drug-likeness (QED) is 0.213. The minimum Gasteiger partial charge on any atom is -0.496 e. The molecule has 1 fully saturated rings. The molecule has 0 bridgehead atoms. The molecule has 1 saturated heterocycles. The third-order valence-electron chi connectivity index (χ3n) is 7.54. The summed E-state index contributed by atoms with van der Waals surface area (Å²) in [4.78, 5) is 29.6. The van der Waals surface area contributed by atoms with Crippen LogP contribution in [0.15, 0.2) is 72.8 Å². The first-order chi connectivity index (χ1) is 20.9. The van der Waals surface area contributed by atoms with E-state index in [1.165, 1.54) is 4.90 Å². The molecule has 1 atom stereocenters. The van der Waals surface area contributed by atoms with Gasteiger partial charge < -0.3 is 19.9 Å². The van der Waals surface area contributed by atoms with Gasteiger partial charge in [-0.1, -0.05) is 48.5 Å². The number of nitrogens with zero attached hydrogens (tertiary/aromatic N) is 2. The van der Waals surface area contributed by atoms with Gasteiger partial charge in [-0.15, -0.1) is 0 Å². The van der Waals surface area contributed by atoms with Crippen LogP contribution in [-0.2, 0) is 23.7 Å². The maximum Gasteiger partial charge on any atom is 0.416 e. The van der Waals surface area contributed by atoms with Gasteiger partial charge in [-0.2, -0.15) is 26.3 Å². The van der Waals surface area contributed by atoms with Gasteiger partial charge in [0.2, 0.25) is 5.91 Å². The Morgan fingerprint density at radius 3 is 2.14 bits per heavy atom. The number of halogens is 6. The molecule has 12 heteroatoms. The topological polar surface area (TPSA) is 61.9 Å². The van der Waals surface area contributed by atoms with Crippen molar-refractivity contribution in [1.82, 2.24) is 15.1 Å². The van der Waals surface area contributed by atoms with Crippen molar-refractivity contribution in [2.24, 2.45) is 0 Å². The van der Waals surface area contributed by atoms with E-state index in [0.717, 1.165) is 11.3 Å². The van der Waals surface area contributed by atoms with E-state index in [2.05, 4.69) is 5.32 Å². The zero-order valence-electron chi connectivity index (χ0n) is 24.0. The van der Waals surface area contributed by atoms with E-state index >= 15 is 0 Å². The molecule has 0 aliphatic carbocycles. The summed E-state index contributed by atoms with van der Waals surface area (Å²) in [6.07, 6.45) is -9.14. The number of benzene rings is 3. The van der Waals surface area contributed by atoms with Gasteiger partial charge in [-0.25, -0.2) is 0 Å². The van der Waals surface area contributed by atoms with Crippen molar-refractivity contribution in [2.75, 3.05) is 33.3 Å². The molecule has 1 unspecified atom stereocenters. The third kappa shape index (κ3) is 8.31. The minimum atomic E-state index is -5.08. The standard InChI is InChI=1S/C32H33F6N3O3/c1-44-28-11-6-5-10-23(28)21-39-14-7-12-29(42)40-15-13-27(22-8-3-2-4-9-22)41(17-16-40)30(43)24-18-25(31(33,34)35)20-26(19-24)32(36,37)38/h2-6,8-11,18-20,27,39H,7,12-17,21H2,1H3. The number of rotatable bonds is 9. The van der Waals surface area contributed by atoms with Crippen LogP contribution in [0.25, 0.3) is 0 Å². The second-order valence-corrected chi connectivity index (χ2v) is 10.5. The van der Waals surface area contributed by atoms with Crippen LogP contribution < -0.4 is 10.1 Å². The van der Waals surface area contributed by atoms with Crippen LogP contribution in [0.2, 0.25) is 0 Å². The predicted molar refractivity (Wildman–Crippen MR) is 152 cm³/mol. The fourth-order valence-electron chi connectivity index (χ4n) is 5.28. The summed E-state index contributed by atoms with van der Waals surface area (Å²) in [6.45, 7) is 1.42. The summed E-state index contributed by atoms with van der Waals surface area (Å²) in [6, 6.07) is 16.5. The monoisotopic (exact) mass is 621 g/mol. The van der Waals surface area contributed by atoms with Crippen LogP contribution in [0.1, 0.15) is 57.9 Å². The number of methoxy groups -OCH3 is 1. The first-order valence-electron chi connectivity index (χ1n) is 14.1. The predicted octanol–water partition coefficient (Wildman–Crippen LogP) is 6.72. The number of nitrogens with one attached hydrogen (secondary N) is 1. The van der Waals surface area contributed by atoms with Crippen molar-refractivity contribution in [3.8, 4) is 5.75 Å². The fourth-order valence-corrected chi connectivity index (χ4v) is 5.28. The van der Waals surface area contributed by atoms with Crippen molar-refractivity contribution in [3.63, 3.8) is 0 Å². The number of carbonyl (C=O) groups is 2. The number of amides is 2. The molecule has 0 spiro atoms. The lowest BCUT2D eigenvalue weighted by molar-refractivity contribution is -0.143. The van der Waals surface area contributed by atoms with Crippen LogP contribution in [0.5, 0.6) is 5.75 Å². The van der Waals surface area contributed by atoms with Crippen molar-refractivity contribution < 1.29 is 40.7 Å². The van der Waals surface area contributed by atoms with Gasteiger partial charge in [-0.05, 0) is 49.2 Å². The van der Waals surface area contributed by atoms with E-state index in [1.807, 2.05) is 24.3 Å². The molecule has 3 aromatic rings. The van der Waals surface area contributed by atoms with Gasteiger partial charge in [0.25, 0.3) is 5.91 Å². The molecule has 0 saturated carbocycles. The number of hydrogen-bond acceptors (Lipinski definition) is 4. The molecule has 6 nitrogen and oxygen atoms in total. The summed E-state index contributed by atoms with van der Waals surface area (Å²) >= 11 is 0. The summed E-state index contributed by atoms with van der Waals surface area (Å²) in [5.41, 5.74) is -2.18. The SMILES string of the molecule is COc1ccccc1CNCCCC(=O)N1CCC(c2ccccc2)N(C(=O)c2cc(C(F)(F)F)cc(C(F)(F)F)c2)CC1. The van der Waals surface area contributed by atoms with E-state index in [1.54, 1.807) is 42.3 Å². The molecule has 0 radical (unpaired) electrons. The summed E-state index contributed by atoms with van der Waals surface area (Å²) in [5, 5.41) is 3.28. The van der Waals surface area contributed by atoms with Crippen LogP contribution in [0.4, 0.5) is 26.3 Å². The van der Waals surface area contributed by atoms with Crippen molar-refractivity contribution >= 4 is 11.8 Å². The fraction of sp³-hybridized carbons (Fsp3) is 0.375. The Hall–Kier alpha value is -4.06. The Morgan fingerprint density at radius 1 is 0.864 bits per heavy atom. The number of alkyl halides is 6. The first-order valence-corrected chi connectivity index (χ1v) is 14.1. The van der Waals surface area contributed by atoms with Crippen molar-refractivity contribution in [2.45, 2.75) is 44.2 Å². The minimum absolute atomic E-state index is 0.000502. The molecular formula is C32H33F6N3O3. The molecule has 1 aliphatic heterocycles. The van der Waals surface area contributed by atoms with Gasteiger partial charge >= 0.3 is 12.4 Å². The van der Waals surface area contributed by atoms with Crippen LogP contribution in [-0.4, -0.2) is 54.9 Å². The maximum absolute atomic E-state index is 13.6. The molecule has 1 N–H and O–H groups in total. The van der Waals surface area contributed by atoms with Gasteiger partial charge in [0.15, 0.2) is 0 Å². The van der Waals surface area contributed by atoms with Crippen LogP contribution in [0.3, 0.4) is 0 Å². The van der Waals surface area contributed by atoms with E-state index < -0.39 is 41.0 Å². The first kappa shape index (κ1) is 32.8. The molecule has 0 aromatic heterocycles. The molecule has 44 heavy (non-hydrogen) atoms. The molecule has 2 amide bonds. The second-order valence-electron chi connectivity index (χ2n) is 10.5. The smallest absolute Gasteiger partial charge is 0.416 e. The van der Waals surface area contributed by atoms with Crippen LogP contribution >= 0.6 is 0 Å². The number of ether oxygens (including phenoxy) is 1. The molecule has 4 rings (SSSR count). The highest BCUT2D eigenvalue weighted by molar-refractivity contribution is 5.95. The lowest BCUT2D eigenvalue weighted by Gasteiger charge is -2.30. The summed E-state index contributed by atoms with van der Waals surface area (Å²) < 4.78 is 86.4. The van der Waals surface area contributed by atoms with Gasteiger partial charge in [0.1, 0.15) is 5.75 Å². The molecule has 236 valence electrons. The summed E-state index contributed by atoms with van der Waals surface area (Å²) in [5.74, 6) is -0.360. The Kier molecular flexibility index (Phi) is 10.6. The molecule has 1 aliphatic rings. The number of para-hydroxylation sites is 1. The van der Waals surface area contributed by atoms with E-state index in [9.17, 15) is 35.9 Å². The highest BCUT2D eigenvalue weighted by atomic mass is 19.4. The number of carbonyl (C=O) groups excluding carboxylic acids is 2. The Labute approximate surface area is 251 Å². The van der Waals surface area contributed by atoms with Gasteiger partial charge in [0.05, 0.1) is 24.3 Å².